The highest BCUT2D eigenvalue weighted by molar-refractivity contribution is 5.85. The van der Waals surface area contributed by atoms with E-state index >= 15 is 0 Å². The van der Waals surface area contributed by atoms with E-state index in [0.717, 1.165) is 24.2 Å². The second kappa shape index (κ2) is 12.1. The molecule has 0 aliphatic carbocycles. The van der Waals surface area contributed by atoms with Gasteiger partial charge >= 0.3 is 0 Å². The van der Waals surface area contributed by atoms with Crippen LogP contribution >= 0.6 is 0 Å². The van der Waals surface area contributed by atoms with Gasteiger partial charge in [0.05, 0.1) is 46.4 Å². The standard InChI is InChI=1S/C24H31N3O5/c1-30-21-9-8-19(15-22(21)31-2)20(27-10-12-32-13-11-27)16-25-24(29)17-26-23(28)14-18-6-4-3-5-7-18/h3-9,15,20H,10-14,16-17H2,1-2H3,(H,25,29)(H,26,28). The maximum atomic E-state index is 12.4. The van der Waals surface area contributed by atoms with E-state index < -0.39 is 0 Å². The van der Waals surface area contributed by atoms with Crippen LogP contribution in [0.1, 0.15) is 17.2 Å². The normalized spacial score (nSPS) is 14.9. The predicted molar refractivity (Wildman–Crippen MR) is 121 cm³/mol. The van der Waals surface area contributed by atoms with Gasteiger partial charge in [0, 0.05) is 19.6 Å². The molecule has 1 heterocycles. The molecule has 1 atom stereocenters. The summed E-state index contributed by atoms with van der Waals surface area (Å²) < 4.78 is 16.3. The molecule has 0 saturated carbocycles. The molecule has 2 aromatic rings. The van der Waals surface area contributed by atoms with Gasteiger partial charge in [-0.1, -0.05) is 36.4 Å². The lowest BCUT2D eigenvalue weighted by Crippen LogP contribution is -2.45. The van der Waals surface area contributed by atoms with Crippen LogP contribution in [0.4, 0.5) is 0 Å². The van der Waals surface area contributed by atoms with Crippen LogP contribution in [0.3, 0.4) is 0 Å². The number of benzene rings is 2. The summed E-state index contributed by atoms with van der Waals surface area (Å²) in [5, 5.41) is 5.64. The Labute approximate surface area is 188 Å². The Morgan fingerprint density at radius 2 is 1.69 bits per heavy atom. The van der Waals surface area contributed by atoms with Crippen molar-refractivity contribution in [2.75, 3.05) is 53.6 Å². The predicted octanol–water partition coefficient (Wildman–Crippen LogP) is 1.55. The largest absolute Gasteiger partial charge is 0.493 e. The number of ether oxygens (including phenoxy) is 3. The molecular formula is C24H31N3O5. The molecule has 8 heteroatoms. The third kappa shape index (κ3) is 6.70. The number of carbonyl (C=O) groups is 2. The highest BCUT2D eigenvalue weighted by Gasteiger charge is 2.24. The van der Waals surface area contributed by atoms with Crippen LogP contribution < -0.4 is 20.1 Å². The van der Waals surface area contributed by atoms with Gasteiger partial charge in [0.1, 0.15) is 0 Å². The van der Waals surface area contributed by atoms with Crippen LogP contribution in [0.25, 0.3) is 0 Å². The van der Waals surface area contributed by atoms with Crippen LogP contribution in [0.15, 0.2) is 48.5 Å². The summed E-state index contributed by atoms with van der Waals surface area (Å²) in [6, 6.07) is 15.2. The van der Waals surface area contributed by atoms with Gasteiger partial charge in [-0.15, -0.1) is 0 Å². The first-order valence-electron chi connectivity index (χ1n) is 10.7. The summed E-state index contributed by atoms with van der Waals surface area (Å²) in [4.78, 5) is 26.8. The molecule has 1 unspecified atom stereocenters. The van der Waals surface area contributed by atoms with Crippen molar-refractivity contribution in [3.8, 4) is 11.5 Å². The number of nitrogens with zero attached hydrogens (tertiary/aromatic N) is 1. The molecule has 0 aromatic heterocycles. The summed E-state index contributed by atoms with van der Waals surface area (Å²) in [6.07, 6.45) is 0.246. The molecule has 1 aliphatic heterocycles. The Balaban J connectivity index is 1.58. The van der Waals surface area contributed by atoms with E-state index in [2.05, 4.69) is 15.5 Å². The van der Waals surface area contributed by atoms with E-state index in [0.29, 0.717) is 31.3 Å². The lowest BCUT2D eigenvalue weighted by atomic mass is 10.0. The van der Waals surface area contributed by atoms with E-state index in [1.54, 1.807) is 14.2 Å². The second-order valence-electron chi connectivity index (χ2n) is 7.52. The van der Waals surface area contributed by atoms with Crippen molar-refractivity contribution in [3.05, 3.63) is 59.7 Å². The van der Waals surface area contributed by atoms with Gasteiger partial charge in [0.15, 0.2) is 11.5 Å². The molecule has 2 aromatic carbocycles. The maximum absolute atomic E-state index is 12.4. The minimum Gasteiger partial charge on any atom is -0.493 e. The Hall–Kier alpha value is -3.10. The molecule has 2 amide bonds. The Bertz CT molecular complexity index is 884. The summed E-state index contributed by atoms with van der Waals surface area (Å²) in [5.41, 5.74) is 1.92. The van der Waals surface area contributed by atoms with Gasteiger partial charge in [-0.25, -0.2) is 0 Å². The number of rotatable bonds is 10. The van der Waals surface area contributed by atoms with Crippen molar-refractivity contribution in [2.45, 2.75) is 12.5 Å². The van der Waals surface area contributed by atoms with Crippen molar-refractivity contribution >= 4 is 11.8 Å². The minimum atomic E-state index is -0.231. The van der Waals surface area contributed by atoms with Crippen molar-refractivity contribution in [1.29, 1.82) is 0 Å². The van der Waals surface area contributed by atoms with E-state index in [-0.39, 0.29) is 30.8 Å². The summed E-state index contributed by atoms with van der Waals surface area (Å²) in [5.74, 6) is 0.881. The maximum Gasteiger partial charge on any atom is 0.239 e. The molecule has 172 valence electrons. The molecule has 1 aliphatic rings. The van der Waals surface area contributed by atoms with Crippen LogP contribution in [0, 0.1) is 0 Å². The Morgan fingerprint density at radius 3 is 2.38 bits per heavy atom. The van der Waals surface area contributed by atoms with Crippen molar-refractivity contribution in [1.82, 2.24) is 15.5 Å². The highest BCUT2D eigenvalue weighted by Crippen LogP contribution is 2.32. The fraction of sp³-hybridized carbons (Fsp3) is 0.417. The fourth-order valence-corrected chi connectivity index (χ4v) is 3.70. The van der Waals surface area contributed by atoms with Crippen molar-refractivity contribution in [3.63, 3.8) is 0 Å². The average Bonchev–Trinajstić information content (AvgIpc) is 2.84. The van der Waals surface area contributed by atoms with Gasteiger partial charge in [0.25, 0.3) is 0 Å². The molecule has 0 radical (unpaired) electrons. The number of hydrogen-bond donors (Lipinski definition) is 2. The van der Waals surface area contributed by atoms with Gasteiger partial charge in [-0.05, 0) is 23.3 Å². The first-order chi connectivity index (χ1) is 15.6. The van der Waals surface area contributed by atoms with E-state index in [1.807, 2.05) is 48.5 Å². The lowest BCUT2D eigenvalue weighted by Gasteiger charge is -2.35. The van der Waals surface area contributed by atoms with Crippen LogP contribution in [0.2, 0.25) is 0 Å². The molecule has 32 heavy (non-hydrogen) atoms. The van der Waals surface area contributed by atoms with Crippen LogP contribution in [-0.2, 0) is 20.7 Å². The third-order valence-corrected chi connectivity index (χ3v) is 5.43. The number of carbonyl (C=O) groups excluding carboxylic acids is 2. The lowest BCUT2D eigenvalue weighted by molar-refractivity contribution is -0.125. The molecule has 0 spiro atoms. The van der Waals surface area contributed by atoms with Gasteiger partial charge in [-0.2, -0.15) is 0 Å². The first kappa shape index (κ1) is 23.6. The molecule has 2 N–H and O–H groups in total. The number of morpholine rings is 1. The number of hydrogen-bond acceptors (Lipinski definition) is 6. The molecule has 3 rings (SSSR count). The number of nitrogens with one attached hydrogen (secondary N) is 2. The number of methoxy groups -OCH3 is 2. The monoisotopic (exact) mass is 441 g/mol. The van der Waals surface area contributed by atoms with Crippen LogP contribution in [-0.4, -0.2) is 70.3 Å². The SMILES string of the molecule is COc1ccc(C(CNC(=O)CNC(=O)Cc2ccccc2)N2CCOCC2)cc1OC. The Kier molecular flexibility index (Phi) is 8.89. The van der Waals surface area contributed by atoms with Crippen molar-refractivity contribution < 1.29 is 23.8 Å². The summed E-state index contributed by atoms with van der Waals surface area (Å²) in [7, 11) is 3.20. The molecule has 1 fully saturated rings. The smallest absolute Gasteiger partial charge is 0.239 e. The van der Waals surface area contributed by atoms with Gasteiger partial charge in [0.2, 0.25) is 11.8 Å². The zero-order valence-corrected chi connectivity index (χ0v) is 18.6. The van der Waals surface area contributed by atoms with Gasteiger partial charge < -0.3 is 24.8 Å². The van der Waals surface area contributed by atoms with Gasteiger partial charge in [-0.3, -0.25) is 14.5 Å². The van der Waals surface area contributed by atoms with E-state index in [9.17, 15) is 9.59 Å². The van der Waals surface area contributed by atoms with E-state index in [4.69, 9.17) is 14.2 Å². The summed E-state index contributed by atoms with van der Waals surface area (Å²) in [6.45, 7) is 3.17. The Morgan fingerprint density at radius 1 is 0.969 bits per heavy atom. The van der Waals surface area contributed by atoms with Crippen LogP contribution in [0.5, 0.6) is 11.5 Å². The molecule has 1 saturated heterocycles. The third-order valence-electron chi connectivity index (χ3n) is 5.43. The molecule has 0 bridgehead atoms. The topological polar surface area (TPSA) is 89.1 Å². The molecule has 8 nitrogen and oxygen atoms in total. The average molecular weight is 442 g/mol. The second-order valence-corrected chi connectivity index (χ2v) is 7.52. The van der Waals surface area contributed by atoms with Crippen molar-refractivity contribution in [2.24, 2.45) is 0 Å². The zero-order chi connectivity index (χ0) is 22.8. The number of amides is 2. The zero-order valence-electron chi connectivity index (χ0n) is 18.6. The quantitative estimate of drug-likeness (QED) is 0.582. The van der Waals surface area contributed by atoms with E-state index in [1.165, 1.54) is 0 Å². The highest BCUT2D eigenvalue weighted by atomic mass is 16.5. The summed E-state index contributed by atoms with van der Waals surface area (Å²) >= 11 is 0. The molecular weight excluding hydrogens is 410 g/mol. The fourth-order valence-electron chi connectivity index (χ4n) is 3.70. The minimum absolute atomic E-state index is 0.0531. The first-order valence-corrected chi connectivity index (χ1v) is 10.7.